The van der Waals surface area contributed by atoms with E-state index in [4.69, 9.17) is 10.2 Å². The molecule has 0 radical (unpaired) electrons. The molecule has 2 saturated heterocycles. The van der Waals surface area contributed by atoms with Gasteiger partial charge in [-0.3, -0.25) is 9.69 Å². The highest BCUT2D eigenvalue weighted by Crippen LogP contribution is 2.22. The van der Waals surface area contributed by atoms with Crippen LogP contribution >= 0.6 is 0 Å². The zero-order valence-electron chi connectivity index (χ0n) is 13.7. The summed E-state index contributed by atoms with van der Waals surface area (Å²) in [7, 11) is 0. The molecule has 0 spiro atoms. The van der Waals surface area contributed by atoms with Crippen molar-refractivity contribution in [3.8, 4) is 0 Å². The number of hydrogen-bond donors (Lipinski definition) is 2. The van der Waals surface area contributed by atoms with Crippen LogP contribution in [0.4, 0.5) is 0 Å². The molecular weight excluding hydrogens is 296 g/mol. The molecular formula is C15H26N6O2. The molecule has 8 heteroatoms. The zero-order chi connectivity index (χ0) is 16.2. The van der Waals surface area contributed by atoms with Gasteiger partial charge < -0.3 is 20.4 Å². The number of nitrogens with zero attached hydrogens (tertiary/aromatic N) is 4. The Kier molecular flexibility index (Phi) is 5.24. The molecule has 2 fully saturated rings. The predicted molar refractivity (Wildman–Crippen MR) is 84.7 cm³/mol. The topological polar surface area (TPSA) is 101 Å². The van der Waals surface area contributed by atoms with Crippen LogP contribution in [0.2, 0.25) is 0 Å². The summed E-state index contributed by atoms with van der Waals surface area (Å²) >= 11 is 0. The zero-order valence-corrected chi connectivity index (χ0v) is 13.7. The lowest BCUT2D eigenvalue weighted by Gasteiger charge is -2.41. The normalized spacial score (nSPS) is 22.3. The third-order valence-electron chi connectivity index (χ3n) is 5.07. The fraction of sp³-hybridized carbons (Fsp3) is 0.800. The molecule has 0 aliphatic carbocycles. The molecule has 3 heterocycles. The first-order valence-corrected chi connectivity index (χ1v) is 8.45. The molecule has 1 aromatic rings. The van der Waals surface area contributed by atoms with Crippen molar-refractivity contribution >= 4 is 5.91 Å². The number of nitrogens with one attached hydrogen (secondary N) is 1. The van der Waals surface area contributed by atoms with Crippen molar-refractivity contribution in [1.29, 1.82) is 0 Å². The average Bonchev–Trinajstić information content (AvgIpc) is 3.10. The molecule has 0 bridgehead atoms. The molecule has 8 nitrogen and oxygen atoms in total. The molecule has 0 saturated carbocycles. The predicted octanol–water partition coefficient (Wildman–Crippen LogP) is -0.326. The van der Waals surface area contributed by atoms with E-state index in [1.165, 1.54) is 12.8 Å². The van der Waals surface area contributed by atoms with Gasteiger partial charge in [-0.2, -0.15) is 0 Å². The standard InChI is InChI=1S/C15H26N6O2/c1-11(12-2-4-17-5-3-12)20-6-8-21(9-7-20)15(22)14-19-18-13(10-16)23-14/h11-12,17H,2-10,16H2,1H3. The lowest BCUT2D eigenvalue weighted by molar-refractivity contribution is 0.0457. The molecule has 23 heavy (non-hydrogen) atoms. The first-order valence-electron chi connectivity index (χ1n) is 8.45. The SMILES string of the molecule is CC(C1CCNCC1)N1CCN(C(=O)c2nnc(CN)o2)CC1. The summed E-state index contributed by atoms with van der Waals surface area (Å²) in [5.41, 5.74) is 5.43. The average molecular weight is 322 g/mol. The van der Waals surface area contributed by atoms with E-state index in [-0.39, 0.29) is 18.3 Å². The maximum atomic E-state index is 12.4. The van der Waals surface area contributed by atoms with Crippen LogP contribution in [0.5, 0.6) is 0 Å². The maximum absolute atomic E-state index is 12.4. The quantitative estimate of drug-likeness (QED) is 0.783. The number of amides is 1. The van der Waals surface area contributed by atoms with E-state index in [1.54, 1.807) is 4.90 Å². The molecule has 0 aromatic carbocycles. The summed E-state index contributed by atoms with van der Waals surface area (Å²) in [5, 5.41) is 10.9. The molecule has 1 amide bonds. The highest BCUT2D eigenvalue weighted by Gasteiger charge is 2.30. The van der Waals surface area contributed by atoms with Gasteiger partial charge in [0.1, 0.15) is 0 Å². The van der Waals surface area contributed by atoms with Gasteiger partial charge in [-0.25, -0.2) is 0 Å². The van der Waals surface area contributed by atoms with Crippen molar-refractivity contribution in [2.45, 2.75) is 32.4 Å². The molecule has 1 atom stereocenters. The minimum atomic E-state index is -0.189. The number of carbonyl (C=O) groups excluding carboxylic acids is 1. The van der Waals surface area contributed by atoms with E-state index in [1.807, 2.05) is 0 Å². The van der Waals surface area contributed by atoms with E-state index in [0.717, 1.165) is 32.1 Å². The Morgan fingerprint density at radius 3 is 2.61 bits per heavy atom. The van der Waals surface area contributed by atoms with E-state index in [9.17, 15) is 4.79 Å². The summed E-state index contributed by atoms with van der Waals surface area (Å²) in [6, 6.07) is 0.571. The second-order valence-corrected chi connectivity index (χ2v) is 6.36. The van der Waals surface area contributed by atoms with Crippen LogP contribution in [0, 0.1) is 5.92 Å². The van der Waals surface area contributed by atoms with Crippen LogP contribution < -0.4 is 11.1 Å². The van der Waals surface area contributed by atoms with Gasteiger partial charge in [-0.1, -0.05) is 0 Å². The highest BCUT2D eigenvalue weighted by atomic mass is 16.4. The van der Waals surface area contributed by atoms with Crippen molar-refractivity contribution in [3.63, 3.8) is 0 Å². The van der Waals surface area contributed by atoms with Crippen molar-refractivity contribution in [2.75, 3.05) is 39.3 Å². The van der Waals surface area contributed by atoms with Crippen molar-refractivity contribution in [1.82, 2.24) is 25.3 Å². The van der Waals surface area contributed by atoms with E-state index in [0.29, 0.717) is 25.0 Å². The Labute approximate surface area is 136 Å². The fourth-order valence-corrected chi connectivity index (χ4v) is 3.51. The van der Waals surface area contributed by atoms with Gasteiger partial charge in [0.15, 0.2) is 0 Å². The molecule has 1 unspecified atom stereocenters. The molecule has 3 rings (SSSR count). The van der Waals surface area contributed by atoms with Gasteiger partial charge in [-0.15, -0.1) is 10.2 Å². The summed E-state index contributed by atoms with van der Waals surface area (Å²) in [6.45, 7) is 7.91. The summed E-state index contributed by atoms with van der Waals surface area (Å²) in [6.07, 6.45) is 2.48. The number of piperidine rings is 1. The van der Waals surface area contributed by atoms with E-state index in [2.05, 4.69) is 27.3 Å². The summed E-state index contributed by atoms with van der Waals surface area (Å²) < 4.78 is 5.26. The Balaban J connectivity index is 1.52. The second-order valence-electron chi connectivity index (χ2n) is 6.36. The minimum absolute atomic E-state index is 0.0466. The third-order valence-corrected chi connectivity index (χ3v) is 5.07. The first kappa shape index (κ1) is 16.4. The van der Waals surface area contributed by atoms with Crippen LogP contribution in [-0.2, 0) is 6.54 Å². The van der Waals surface area contributed by atoms with Crippen molar-refractivity contribution in [2.24, 2.45) is 11.7 Å². The number of carbonyl (C=O) groups is 1. The number of hydrogen-bond acceptors (Lipinski definition) is 7. The fourth-order valence-electron chi connectivity index (χ4n) is 3.51. The summed E-state index contributed by atoms with van der Waals surface area (Å²) in [5.74, 6) is 0.907. The van der Waals surface area contributed by atoms with Gasteiger partial charge in [0.2, 0.25) is 5.89 Å². The smallest absolute Gasteiger partial charge is 0.311 e. The monoisotopic (exact) mass is 322 g/mol. The molecule has 3 N–H and O–H groups in total. The highest BCUT2D eigenvalue weighted by molar-refractivity contribution is 5.89. The second kappa shape index (κ2) is 7.37. The van der Waals surface area contributed by atoms with Gasteiger partial charge >= 0.3 is 11.8 Å². The maximum Gasteiger partial charge on any atom is 0.311 e. The van der Waals surface area contributed by atoms with Gasteiger partial charge in [-0.05, 0) is 38.8 Å². The van der Waals surface area contributed by atoms with Gasteiger partial charge in [0.25, 0.3) is 0 Å². The largest absolute Gasteiger partial charge is 0.415 e. The van der Waals surface area contributed by atoms with Crippen molar-refractivity contribution < 1.29 is 9.21 Å². The molecule has 2 aliphatic heterocycles. The molecule has 1 aromatic heterocycles. The van der Waals surface area contributed by atoms with Gasteiger partial charge in [0.05, 0.1) is 6.54 Å². The van der Waals surface area contributed by atoms with Crippen LogP contribution in [0.3, 0.4) is 0 Å². The Morgan fingerprint density at radius 1 is 1.30 bits per heavy atom. The van der Waals surface area contributed by atoms with E-state index >= 15 is 0 Å². The molecule has 2 aliphatic rings. The van der Waals surface area contributed by atoms with E-state index < -0.39 is 0 Å². The summed E-state index contributed by atoms with van der Waals surface area (Å²) in [4.78, 5) is 16.7. The number of nitrogens with two attached hydrogens (primary N) is 1. The first-order chi connectivity index (χ1) is 11.2. The van der Waals surface area contributed by atoms with Crippen LogP contribution in [0.25, 0.3) is 0 Å². The van der Waals surface area contributed by atoms with Crippen LogP contribution in [0.1, 0.15) is 36.3 Å². The van der Waals surface area contributed by atoms with Gasteiger partial charge in [0, 0.05) is 32.2 Å². The molecule has 128 valence electrons. The van der Waals surface area contributed by atoms with Crippen LogP contribution in [0.15, 0.2) is 4.42 Å². The van der Waals surface area contributed by atoms with Crippen LogP contribution in [-0.4, -0.2) is 71.2 Å². The Morgan fingerprint density at radius 2 is 2.00 bits per heavy atom. The van der Waals surface area contributed by atoms with Crippen molar-refractivity contribution in [3.05, 3.63) is 11.8 Å². The Bertz CT molecular complexity index is 520. The lowest BCUT2D eigenvalue weighted by Crippen LogP contribution is -2.53. The third kappa shape index (κ3) is 3.70. The number of aromatic nitrogens is 2. The number of rotatable bonds is 4. The number of piperazine rings is 1. The Hall–Kier alpha value is -1.51. The lowest BCUT2D eigenvalue weighted by atomic mass is 9.90. The minimum Gasteiger partial charge on any atom is -0.415 e.